The number of para-hydroxylation sites is 1. The smallest absolute Gasteiger partial charge is 0.324 e. The number of benzene rings is 2. The number of carbonyl (C=O) groups is 1. The Morgan fingerprint density at radius 2 is 1.80 bits per heavy atom. The van der Waals surface area contributed by atoms with Crippen molar-refractivity contribution in [3.63, 3.8) is 0 Å². The molecule has 2 aromatic heterocycles. The summed E-state index contributed by atoms with van der Waals surface area (Å²) < 4.78 is 41.2. The molecule has 0 saturated heterocycles. The minimum Gasteiger partial charge on any atom is -0.324 e. The molecule has 182 valence electrons. The summed E-state index contributed by atoms with van der Waals surface area (Å²) in [7, 11) is 0. The maximum atomic E-state index is 13.4. The topological polar surface area (TPSA) is 59.8 Å². The van der Waals surface area contributed by atoms with Gasteiger partial charge in [0.1, 0.15) is 11.6 Å². The van der Waals surface area contributed by atoms with E-state index in [-0.39, 0.29) is 11.7 Å². The first-order valence-electron chi connectivity index (χ1n) is 11.2. The van der Waals surface area contributed by atoms with Crippen LogP contribution in [0.1, 0.15) is 41.6 Å². The van der Waals surface area contributed by atoms with E-state index in [1.165, 1.54) is 17.8 Å². The van der Waals surface area contributed by atoms with Crippen molar-refractivity contribution in [1.29, 1.82) is 0 Å². The van der Waals surface area contributed by atoms with Crippen molar-refractivity contribution < 1.29 is 18.0 Å². The molecule has 0 radical (unpaired) electrons. The minimum atomic E-state index is -4.41. The van der Waals surface area contributed by atoms with Gasteiger partial charge in [-0.3, -0.25) is 9.36 Å². The molecule has 4 rings (SSSR count). The average molecular weight is 499 g/mol. The molecular formula is C26H25F3N4OS. The lowest BCUT2D eigenvalue weighted by Crippen LogP contribution is -2.27. The normalized spacial score (nSPS) is 12.6. The van der Waals surface area contributed by atoms with Gasteiger partial charge >= 0.3 is 6.18 Å². The Balaban J connectivity index is 1.67. The van der Waals surface area contributed by atoms with Crippen molar-refractivity contribution in [2.75, 3.05) is 5.32 Å². The molecule has 1 N–H and O–H groups in total. The Morgan fingerprint density at radius 3 is 2.49 bits per heavy atom. The summed E-state index contributed by atoms with van der Waals surface area (Å²) >= 11 is 1.28. The summed E-state index contributed by atoms with van der Waals surface area (Å²) in [6.07, 6.45) is -2.29. The van der Waals surface area contributed by atoms with Crippen LogP contribution in [0.15, 0.2) is 66.0 Å². The lowest BCUT2D eigenvalue weighted by molar-refractivity contribution is -0.137. The van der Waals surface area contributed by atoms with Crippen molar-refractivity contribution in [1.82, 2.24) is 14.5 Å². The lowest BCUT2D eigenvalue weighted by Gasteiger charge is -2.21. The van der Waals surface area contributed by atoms with E-state index in [4.69, 9.17) is 0 Å². The molecule has 0 saturated carbocycles. The Hall–Kier alpha value is -3.33. The molecule has 0 fully saturated rings. The number of hydrogen-bond acceptors (Lipinski definition) is 4. The van der Waals surface area contributed by atoms with Gasteiger partial charge in [-0.2, -0.15) is 13.2 Å². The van der Waals surface area contributed by atoms with E-state index in [2.05, 4.69) is 15.3 Å². The number of halogens is 3. The van der Waals surface area contributed by atoms with Crippen LogP contribution < -0.4 is 5.32 Å². The van der Waals surface area contributed by atoms with E-state index < -0.39 is 17.8 Å². The van der Waals surface area contributed by atoms with E-state index in [0.29, 0.717) is 28.3 Å². The Kier molecular flexibility index (Phi) is 7.16. The Labute approximate surface area is 205 Å². The SMILES string of the molecule is CC[C@@H](C(=O)Nc1c(C)cccc1C)n1c(SCc2cccc(C(F)(F)F)c2)nc2cccnc21. The van der Waals surface area contributed by atoms with Crippen LogP contribution in [0.3, 0.4) is 0 Å². The molecule has 35 heavy (non-hydrogen) atoms. The molecule has 2 heterocycles. The zero-order valence-corrected chi connectivity index (χ0v) is 20.4. The molecule has 1 atom stereocenters. The number of amides is 1. The van der Waals surface area contributed by atoms with Crippen LogP contribution in [-0.2, 0) is 16.7 Å². The van der Waals surface area contributed by atoms with Crippen LogP contribution >= 0.6 is 11.8 Å². The molecule has 0 unspecified atom stereocenters. The van der Waals surface area contributed by atoms with Crippen LogP contribution in [0.5, 0.6) is 0 Å². The average Bonchev–Trinajstić information content (AvgIpc) is 3.19. The molecule has 1 amide bonds. The van der Waals surface area contributed by atoms with Crippen molar-refractivity contribution in [3.8, 4) is 0 Å². The van der Waals surface area contributed by atoms with Gasteiger partial charge in [0.05, 0.1) is 5.56 Å². The number of fused-ring (bicyclic) bond motifs is 1. The highest BCUT2D eigenvalue weighted by Crippen LogP contribution is 2.34. The van der Waals surface area contributed by atoms with E-state index >= 15 is 0 Å². The first kappa shape index (κ1) is 24.8. The van der Waals surface area contributed by atoms with Gasteiger partial charge in [0.15, 0.2) is 10.8 Å². The largest absolute Gasteiger partial charge is 0.416 e. The molecule has 9 heteroatoms. The van der Waals surface area contributed by atoms with E-state index in [1.54, 1.807) is 22.9 Å². The fraction of sp³-hybridized carbons (Fsp3) is 0.269. The van der Waals surface area contributed by atoms with Gasteiger partial charge in [0.2, 0.25) is 5.91 Å². The van der Waals surface area contributed by atoms with Gasteiger partial charge in [-0.15, -0.1) is 0 Å². The fourth-order valence-electron chi connectivity index (χ4n) is 3.98. The number of hydrogen-bond donors (Lipinski definition) is 1. The molecule has 4 aromatic rings. The first-order chi connectivity index (χ1) is 16.7. The highest BCUT2D eigenvalue weighted by molar-refractivity contribution is 7.98. The van der Waals surface area contributed by atoms with Gasteiger partial charge in [0, 0.05) is 17.6 Å². The lowest BCUT2D eigenvalue weighted by atomic mass is 10.1. The zero-order valence-electron chi connectivity index (χ0n) is 19.6. The van der Waals surface area contributed by atoms with Crippen molar-refractivity contribution >= 4 is 34.5 Å². The maximum absolute atomic E-state index is 13.4. The zero-order chi connectivity index (χ0) is 25.2. The predicted molar refractivity (Wildman–Crippen MR) is 132 cm³/mol. The second kappa shape index (κ2) is 10.1. The van der Waals surface area contributed by atoms with Crippen molar-refractivity contribution in [2.45, 2.75) is 50.3 Å². The number of aromatic nitrogens is 3. The number of aryl methyl sites for hydroxylation is 2. The molecule has 0 bridgehead atoms. The monoisotopic (exact) mass is 498 g/mol. The molecule has 5 nitrogen and oxygen atoms in total. The number of nitrogens with zero attached hydrogens (tertiary/aromatic N) is 3. The van der Waals surface area contributed by atoms with Gasteiger partial charge < -0.3 is 5.32 Å². The standard InChI is InChI=1S/C26H25F3N4OS/c1-4-21(24(34)32-22-16(2)8-5-9-17(22)3)33-23-20(12-7-13-30-23)31-25(33)35-15-18-10-6-11-19(14-18)26(27,28)29/h5-14,21H,4,15H2,1-3H3,(H,32,34)/t21-/m0/s1. The summed E-state index contributed by atoms with van der Waals surface area (Å²) in [6, 6.07) is 14.0. The van der Waals surface area contributed by atoms with Gasteiger partial charge in [-0.25, -0.2) is 9.97 Å². The van der Waals surface area contributed by atoms with Gasteiger partial charge in [0.25, 0.3) is 0 Å². The van der Waals surface area contributed by atoms with E-state index in [1.807, 2.05) is 45.0 Å². The first-order valence-corrected chi connectivity index (χ1v) is 12.2. The summed E-state index contributed by atoms with van der Waals surface area (Å²) in [5.41, 5.74) is 3.70. The van der Waals surface area contributed by atoms with Crippen LogP contribution in [0.4, 0.5) is 18.9 Å². The summed E-state index contributed by atoms with van der Waals surface area (Å²) in [6.45, 7) is 5.78. The number of nitrogens with one attached hydrogen (secondary N) is 1. The van der Waals surface area contributed by atoms with Crippen molar-refractivity contribution in [3.05, 3.63) is 83.0 Å². The van der Waals surface area contributed by atoms with E-state index in [9.17, 15) is 18.0 Å². The molecule has 0 aliphatic carbocycles. The molecule has 2 aromatic carbocycles. The number of carbonyl (C=O) groups excluding carboxylic acids is 1. The number of pyridine rings is 1. The predicted octanol–water partition coefficient (Wildman–Crippen LogP) is 6.95. The number of rotatable bonds is 7. The third-order valence-corrected chi connectivity index (χ3v) is 6.79. The minimum absolute atomic E-state index is 0.198. The summed E-state index contributed by atoms with van der Waals surface area (Å²) in [4.78, 5) is 22.6. The van der Waals surface area contributed by atoms with Crippen LogP contribution in [-0.4, -0.2) is 20.4 Å². The number of anilines is 1. The fourth-order valence-corrected chi connectivity index (χ4v) is 4.97. The third kappa shape index (κ3) is 5.35. The van der Waals surface area contributed by atoms with Gasteiger partial charge in [-0.05, 0) is 55.2 Å². The molecular weight excluding hydrogens is 473 g/mol. The van der Waals surface area contributed by atoms with Crippen LogP contribution in [0, 0.1) is 13.8 Å². The number of thioether (sulfide) groups is 1. The molecule has 0 aliphatic rings. The van der Waals surface area contributed by atoms with Gasteiger partial charge in [-0.1, -0.05) is 55.1 Å². The summed E-state index contributed by atoms with van der Waals surface area (Å²) in [5, 5.41) is 3.59. The number of imidazole rings is 1. The van der Waals surface area contributed by atoms with Crippen LogP contribution in [0.2, 0.25) is 0 Å². The van der Waals surface area contributed by atoms with Crippen molar-refractivity contribution in [2.24, 2.45) is 0 Å². The number of alkyl halides is 3. The summed E-state index contributed by atoms with van der Waals surface area (Å²) in [5.74, 6) is 0.0677. The molecule has 0 aliphatic heterocycles. The maximum Gasteiger partial charge on any atom is 0.416 e. The second-order valence-electron chi connectivity index (χ2n) is 8.28. The second-order valence-corrected chi connectivity index (χ2v) is 9.22. The Bertz CT molecular complexity index is 1350. The third-order valence-electron chi connectivity index (χ3n) is 5.77. The van der Waals surface area contributed by atoms with E-state index in [0.717, 1.165) is 28.9 Å². The highest BCUT2D eigenvalue weighted by Gasteiger charge is 2.30. The highest BCUT2D eigenvalue weighted by atomic mass is 32.2. The van der Waals surface area contributed by atoms with Crippen LogP contribution in [0.25, 0.3) is 11.2 Å². The Morgan fingerprint density at radius 1 is 1.09 bits per heavy atom. The quantitative estimate of drug-likeness (QED) is 0.280. The molecule has 0 spiro atoms.